The fourth-order valence-electron chi connectivity index (χ4n) is 2.54. The van der Waals surface area contributed by atoms with Crippen LogP contribution in [0.2, 0.25) is 0 Å². The summed E-state index contributed by atoms with van der Waals surface area (Å²) in [7, 11) is 0. The molecule has 1 aromatic heterocycles. The molecule has 21 heavy (non-hydrogen) atoms. The summed E-state index contributed by atoms with van der Waals surface area (Å²) in [5.74, 6) is 0.0161. The Kier molecular flexibility index (Phi) is 3.83. The molecule has 0 aliphatic heterocycles. The molecule has 0 spiro atoms. The Bertz CT molecular complexity index is 603. The zero-order valence-corrected chi connectivity index (χ0v) is 13.0. The Morgan fingerprint density at radius 1 is 1.33 bits per heavy atom. The molecule has 2 aromatic rings. The van der Waals surface area contributed by atoms with Crippen LogP contribution in [0.15, 0.2) is 47.2 Å². The Morgan fingerprint density at radius 2 is 2.05 bits per heavy atom. The van der Waals surface area contributed by atoms with Crippen LogP contribution in [-0.4, -0.2) is 16.8 Å². The summed E-state index contributed by atoms with van der Waals surface area (Å²) < 4.78 is 0. The second-order valence-electron chi connectivity index (χ2n) is 5.86. The minimum atomic E-state index is -0.972. The largest absolute Gasteiger partial charge is 0.333 e. The highest BCUT2D eigenvalue weighted by Crippen LogP contribution is 2.32. The van der Waals surface area contributed by atoms with Crippen molar-refractivity contribution >= 4 is 17.2 Å². The molecule has 0 radical (unpaired) electrons. The van der Waals surface area contributed by atoms with Crippen LogP contribution in [-0.2, 0) is 16.9 Å². The van der Waals surface area contributed by atoms with Gasteiger partial charge in [0.25, 0.3) is 0 Å². The van der Waals surface area contributed by atoms with Gasteiger partial charge in [-0.3, -0.25) is 4.79 Å². The Balaban J connectivity index is 1.83. The number of rotatable bonds is 5. The number of hydrogen-bond acceptors (Lipinski definition) is 3. The summed E-state index contributed by atoms with van der Waals surface area (Å²) in [6.45, 7) is 2.47. The van der Waals surface area contributed by atoms with E-state index in [2.05, 4.69) is 11.4 Å². The first kappa shape index (κ1) is 14.3. The van der Waals surface area contributed by atoms with E-state index in [1.807, 2.05) is 47.5 Å². The van der Waals surface area contributed by atoms with Crippen molar-refractivity contribution in [2.45, 2.75) is 37.9 Å². The zero-order chi connectivity index (χ0) is 14.9. The van der Waals surface area contributed by atoms with Crippen LogP contribution in [0, 0.1) is 0 Å². The van der Waals surface area contributed by atoms with Crippen LogP contribution in [0.3, 0.4) is 0 Å². The third-order valence-corrected chi connectivity index (χ3v) is 4.73. The maximum Gasteiger partial charge on any atom is 0.247 e. The minimum Gasteiger partial charge on any atom is -0.333 e. The Morgan fingerprint density at radius 3 is 2.62 bits per heavy atom. The summed E-state index contributed by atoms with van der Waals surface area (Å²) in [5.41, 5.74) is 7.47. The molecule has 1 aromatic carbocycles. The van der Waals surface area contributed by atoms with Gasteiger partial charge in [-0.25, -0.2) is 0 Å². The number of carbonyl (C=O) groups is 1. The van der Waals surface area contributed by atoms with Gasteiger partial charge in [-0.05, 0) is 47.7 Å². The van der Waals surface area contributed by atoms with Gasteiger partial charge in [0.15, 0.2) is 0 Å². The van der Waals surface area contributed by atoms with Gasteiger partial charge in [0, 0.05) is 12.6 Å². The van der Waals surface area contributed by atoms with Gasteiger partial charge in [0.2, 0.25) is 5.91 Å². The molecule has 1 aliphatic carbocycles. The van der Waals surface area contributed by atoms with Gasteiger partial charge in [-0.15, -0.1) is 0 Å². The van der Waals surface area contributed by atoms with Crippen LogP contribution in [0.4, 0.5) is 0 Å². The molecule has 3 nitrogen and oxygen atoms in total. The van der Waals surface area contributed by atoms with Crippen molar-refractivity contribution < 1.29 is 4.79 Å². The quantitative estimate of drug-likeness (QED) is 0.922. The van der Waals surface area contributed by atoms with Crippen LogP contribution in [0.1, 0.15) is 30.9 Å². The molecular weight excluding hydrogens is 280 g/mol. The average Bonchev–Trinajstić information content (AvgIpc) is 3.21. The van der Waals surface area contributed by atoms with Crippen LogP contribution in [0.25, 0.3) is 0 Å². The van der Waals surface area contributed by atoms with Crippen LogP contribution in [0.5, 0.6) is 0 Å². The van der Waals surface area contributed by atoms with Crippen molar-refractivity contribution in [3.8, 4) is 0 Å². The van der Waals surface area contributed by atoms with Crippen molar-refractivity contribution in [2.75, 3.05) is 0 Å². The first-order valence-electron chi connectivity index (χ1n) is 7.25. The first-order chi connectivity index (χ1) is 10.1. The summed E-state index contributed by atoms with van der Waals surface area (Å²) in [6, 6.07) is 12.1. The molecule has 1 saturated carbocycles. The monoisotopic (exact) mass is 300 g/mol. The van der Waals surface area contributed by atoms with E-state index < -0.39 is 5.54 Å². The number of nitrogens with two attached hydrogens (primary N) is 1. The SMILES string of the molecule is CC(N)(C(=O)N(Cc1ccsc1)C1CC1)c1ccccc1. The average molecular weight is 300 g/mol. The molecule has 0 bridgehead atoms. The molecule has 1 heterocycles. The zero-order valence-electron chi connectivity index (χ0n) is 12.2. The summed E-state index contributed by atoms with van der Waals surface area (Å²) in [4.78, 5) is 14.9. The van der Waals surface area contributed by atoms with Gasteiger partial charge in [0.05, 0.1) is 0 Å². The summed E-state index contributed by atoms with van der Waals surface area (Å²) in [6.07, 6.45) is 2.17. The van der Waals surface area contributed by atoms with Gasteiger partial charge in [0.1, 0.15) is 5.54 Å². The van der Waals surface area contributed by atoms with E-state index in [1.54, 1.807) is 11.3 Å². The molecule has 3 rings (SSSR count). The molecule has 1 amide bonds. The van der Waals surface area contributed by atoms with Gasteiger partial charge >= 0.3 is 0 Å². The molecular formula is C17H20N2OS. The minimum absolute atomic E-state index is 0.0161. The molecule has 1 aliphatic rings. The van der Waals surface area contributed by atoms with Crippen LogP contribution < -0.4 is 5.73 Å². The van der Waals surface area contributed by atoms with Crippen molar-refractivity contribution in [1.29, 1.82) is 0 Å². The molecule has 2 N–H and O–H groups in total. The predicted octanol–water partition coefficient (Wildman–Crippen LogP) is 3.11. The molecule has 1 fully saturated rings. The second kappa shape index (κ2) is 5.62. The van der Waals surface area contributed by atoms with E-state index in [1.165, 1.54) is 5.56 Å². The number of nitrogens with zero attached hydrogens (tertiary/aromatic N) is 1. The molecule has 0 saturated heterocycles. The normalized spacial score (nSPS) is 17.2. The Hall–Kier alpha value is -1.65. The number of carbonyl (C=O) groups excluding carboxylic acids is 1. The van der Waals surface area contributed by atoms with E-state index in [9.17, 15) is 4.79 Å². The lowest BCUT2D eigenvalue weighted by molar-refractivity contribution is -0.138. The number of hydrogen-bond donors (Lipinski definition) is 1. The lowest BCUT2D eigenvalue weighted by Crippen LogP contribution is -2.51. The number of benzene rings is 1. The number of amides is 1. The fourth-order valence-corrected chi connectivity index (χ4v) is 3.20. The van der Waals surface area contributed by atoms with E-state index in [0.717, 1.165) is 18.4 Å². The number of thiophene rings is 1. The van der Waals surface area contributed by atoms with Crippen molar-refractivity contribution in [2.24, 2.45) is 5.73 Å². The standard InChI is InChI=1S/C17H20N2OS/c1-17(18,14-5-3-2-4-6-14)16(20)19(15-7-8-15)11-13-9-10-21-12-13/h2-6,9-10,12,15H,7-8,11,18H2,1H3. The predicted molar refractivity (Wildman–Crippen MR) is 85.9 cm³/mol. The highest BCUT2D eigenvalue weighted by Gasteiger charge is 2.40. The van der Waals surface area contributed by atoms with Crippen LogP contribution >= 0.6 is 11.3 Å². The fraction of sp³-hybridized carbons (Fsp3) is 0.353. The van der Waals surface area contributed by atoms with Crippen molar-refractivity contribution in [1.82, 2.24) is 4.90 Å². The van der Waals surface area contributed by atoms with E-state index in [4.69, 9.17) is 5.73 Å². The van der Waals surface area contributed by atoms with Gasteiger partial charge in [-0.1, -0.05) is 30.3 Å². The smallest absolute Gasteiger partial charge is 0.247 e. The summed E-state index contributed by atoms with van der Waals surface area (Å²) >= 11 is 1.66. The van der Waals surface area contributed by atoms with Crippen molar-refractivity contribution in [3.63, 3.8) is 0 Å². The molecule has 1 atom stereocenters. The lowest BCUT2D eigenvalue weighted by atomic mass is 9.91. The highest BCUT2D eigenvalue weighted by molar-refractivity contribution is 7.07. The van der Waals surface area contributed by atoms with Gasteiger partial charge in [-0.2, -0.15) is 11.3 Å². The van der Waals surface area contributed by atoms with Gasteiger partial charge < -0.3 is 10.6 Å². The second-order valence-corrected chi connectivity index (χ2v) is 6.64. The van der Waals surface area contributed by atoms with E-state index in [-0.39, 0.29) is 5.91 Å². The summed E-state index contributed by atoms with van der Waals surface area (Å²) in [5, 5.41) is 4.14. The van der Waals surface area contributed by atoms with Crippen molar-refractivity contribution in [3.05, 3.63) is 58.3 Å². The van der Waals surface area contributed by atoms with E-state index in [0.29, 0.717) is 12.6 Å². The highest BCUT2D eigenvalue weighted by atomic mass is 32.1. The topological polar surface area (TPSA) is 46.3 Å². The maximum atomic E-state index is 13.0. The molecule has 1 unspecified atom stereocenters. The Labute approximate surface area is 129 Å². The maximum absolute atomic E-state index is 13.0. The molecule has 4 heteroatoms. The molecule has 110 valence electrons. The third kappa shape index (κ3) is 3.01. The lowest BCUT2D eigenvalue weighted by Gasteiger charge is -2.32. The first-order valence-corrected chi connectivity index (χ1v) is 8.20. The third-order valence-electron chi connectivity index (χ3n) is 4.00. The van der Waals surface area contributed by atoms with E-state index >= 15 is 0 Å².